The van der Waals surface area contributed by atoms with Crippen LogP contribution in [0.4, 0.5) is 4.39 Å². The lowest BCUT2D eigenvalue weighted by Gasteiger charge is -2.08. The van der Waals surface area contributed by atoms with Gasteiger partial charge in [-0.1, -0.05) is 22.0 Å². The normalized spacial score (nSPS) is 10.8. The summed E-state index contributed by atoms with van der Waals surface area (Å²) in [6, 6.07) is 4.73. The molecule has 0 aliphatic heterocycles. The van der Waals surface area contributed by atoms with Crippen LogP contribution >= 0.6 is 15.9 Å². The third-order valence-corrected chi connectivity index (χ3v) is 3.03. The minimum atomic E-state index is -0.221. The van der Waals surface area contributed by atoms with E-state index in [-0.39, 0.29) is 5.82 Å². The van der Waals surface area contributed by atoms with Gasteiger partial charge in [-0.25, -0.2) is 4.39 Å². The molecule has 0 fully saturated rings. The number of halogens is 2. The van der Waals surface area contributed by atoms with Crippen molar-refractivity contribution in [2.75, 3.05) is 33.4 Å². The molecular weight excluding hydrogens is 287 g/mol. The fourth-order valence-electron chi connectivity index (χ4n) is 1.36. The number of hydrogen-bond acceptors (Lipinski definition) is 3. The highest BCUT2D eigenvalue weighted by atomic mass is 79.9. The van der Waals surface area contributed by atoms with Crippen LogP contribution in [0.25, 0.3) is 0 Å². The average Bonchev–Trinajstić information content (AvgIpc) is 2.30. The third-order valence-electron chi connectivity index (χ3n) is 2.29. The number of ether oxygens (including phenoxy) is 1. The molecule has 0 unspecified atom stereocenters. The van der Waals surface area contributed by atoms with E-state index in [1.807, 2.05) is 0 Å². The first-order valence-corrected chi connectivity index (χ1v) is 6.37. The van der Waals surface area contributed by atoms with Gasteiger partial charge in [0.1, 0.15) is 5.82 Å². The molecule has 0 heterocycles. The van der Waals surface area contributed by atoms with Gasteiger partial charge in [-0.15, -0.1) is 0 Å². The number of benzene rings is 1. The van der Waals surface area contributed by atoms with Crippen molar-refractivity contribution >= 4 is 15.9 Å². The summed E-state index contributed by atoms with van der Waals surface area (Å²) < 4.78 is 18.6. The van der Waals surface area contributed by atoms with Gasteiger partial charge in [-0.2, -0.15) is 0 Å². The van der Waals surface area contributed by atoms with Crippen LogP contribution in [-0.4, -0.2) is 33.4 Å². The second kappa shape index (κ2) is 8.58. The van der Waals surface area contributed by atoms with Gasteiger partial charge < -0.3 is 15.4 Å². The Morgan fingerprint density at radius 2 is 2.00 bits per heavy atom. The minimum Gasteiger partial charge on any atom is -0.383 e. The Bertz CT molecular complexity index is 336. The standard InChI is InChI=1S/C12H18BrFN2O/c1-17-7-6-15-4-5-16-9-10-2-3-11(14)8-12(10)13/h2-3,8,15-16H,4-7,9H2,1H3. The van der Waals surface area contributed by atoms with Gasteiger partial charge in [0.05, 0.1) is 6.61 Å². The Labute approximate surface area is 110 Å². The summed E-state index contributed by atoms with van der Waals surface area (Å²) in [5.74, 6) is -0.221. The smallest absolute Gasteiger partial charge is 0.124 e. The highest BCUT2D eigenvalue weighted by molar-refractivity contribution is 9.10. The van der Waals surface area contributed by atoms with E-state index in [9.17, 15) is 4.39 Å². The molecule has 0 radical (unpaired) electrons. The second-order valence-electron chi connectivity index (χ2n) is 3.66. The molecule has 5 heteroatoms. The second-order valence-corrected chi connectivity index (χ2v) is 4.51. The van der Waals surface area contributed by atoms with Gasteiger partial charge in [0, 0.05) is 37.8 Å². The van der Waals surface area contributed by atoms with Crippen LogP contribution in [0, 0.1) is 5.82 Å². The molecule has 1 aromatic carbocycles. The summed E-state index contributed by atoms with van der Waals surface area (Å²) in [6.07, 6.45) is 0. The SMILES string of the molecule is COCCNCCNCc1ccc(F)cc1Br. The van der Waals surface area contributed by atoms with Crippen LogP contribution in [0.15, 0.2) is 22.7 Å². The van der Waals surface area contributed by atoms with E-state index < -0.39 is 0 Å². The zero-order valence-electron chi connectivity index (χ0n) is 9.93. The van der Waals surface area contributed by atoms with Gasteiger partial charge in [-0.3, -0.25) is 0 Å². The lowest BCUT2D eigenvalue weighted by molar-refractivity contribution is 0.199. The number of nitrogens with one attached hydrogen (secondary N) is 2. The maximum atomic E-state index is 12.8. The zero-order valence-corrected chi connectivity index (χ0v) is 11.5. The monoisotopic (exact) mass is 304 g/mol. The molecule has 0 saturated heterocycles. The summed E-state index contributed by atoms with van der Waals surface area (Å²) in [6.45, 7) is 4.07. The fraction of sp³-hybridized carbons (Fsp3) is 0.500. The Kier molecular flexibility index (Phi) is 7.35. The molecule has 3 nitrogen and oxygen atoms in total. The lowest BCUT2D eigenvalue weighted by Crippen LogP contribution is -2.29. The molecule has 1 aromatic rings. The highest BCUT2D eigenvalue weighted by Crippen LogP contribution is 2.17. The largest absolute Gasteiger partial charge is 0.383 e. The molecule has 0 aliphatic rings. The van der Waals surface area contributed by atoms with Crippen molar-refractivity contribution in [2.45, 2.75) is 6.54 Å². The van der Waals surface area contributed by atoms with Gasteiger partial charge in [0.25, 0.3) is 0 Å². The first kappa shape index (κ1) is 14.6. The van der Waals surface area contributed by atoms with E-state index in [0.717, 1.165) is 42.8 Å². The van der Waals surface area contributed by atoms with Gasteiger partial charge in [0.2, 0.25) is 0 Å². The van der Waals surface area contributed by atoms with E-state index in [0.29, 0.717) is 0 Å². The van der Waals surface area contributed by atoms with Crippen LogP contribution in [0.5, 0.6) is 0 Å². The van der Waals surface area contributed by atoms with E-state index in [1.165, 1.54) is 12.1 Å². The Morgan fingerprint density at radius 3 is 2.71 bits per heavy atom. The molecule has 0 atom stereocenters. The summed E-state index contributed by atoms with van der Waals surface area (Å²) in [4.78, 5) is 0. The fourth-order valence-corrected chi connectivity index (χ4v) is 1.86. The van der Waals surface area contributed by atoms with Crippen molar-refractivity contribution in [3.05, 3.63) is 34.1 Å². The summed E-state index contributed by atoms with van der Waals surface area (Å²) in [5, 5.41) is 6.52. The Morgan fingerprint density at radius 1 is 1.24 bits per heavy atom. The molecule has 2 N–H and O–H groups in total. The number of methoxy groups -OCH3 is 1. The molecule has 0 amide bonds. The van der Waals surface area contributed by atoms with Crippen LogP contribution in [0.1, 0.15) is 5.56 Å². The number of hydrogen-bond donors (Lipinski definition) is 2. The van der Waals surface area contributed by atoms with Crippen molar-refractivity contribution in [1.29, 1.82) is 0 Å². The first-order chi connectivity index (χ1) is 8.24. The maximum Gasteiger partial charge on any atom is 0.124 e. The van der Waals surface area contributed by atoms with Crippen LogP contribution in [0.3, 0.4) is 0 Å². The predicted molar refractivity (Wildman–Crippen MR) is 70.6 cm³/mol. The summed E-state index contributed by atoms with van der Waals surface area (Å²) in [7, 11) is 1.69. The van der Waals surface area contributed by atoms with Crippen molar-refractivity contribution in [1.82, 2.24) is 10.6 Å². The Hall–Kier alpha value is -0.490. The van der Waals surface area contributed by atoms with E-state index in [2.05, 4.69) is 26.6 Å². The summed E-state index contributed by atoms with van der Waals surface area (Å²) >= 11 is 3.34. The molecule has 17 heavy (non-hydrogen) atoms. The molecule has 96 valence electrons. The van der Waals surface area contributed by atoms with E-state index in [1.54, 1.807) is 13.2 Å². The predicted octanol–water partition coefficient (Wildman–Crippen LogP) is 1.91. The van der Waals surface area contributed by atoms with Gasteiger partial charge in [-0.05, 0) is 17.7 Å². The highest BCUT2D eigenvalue weighted by Gasteiger charge is 2.00. The first-order valence-electron chi connectivity index (χ1n) is 5.58. The molecule has 0 spiro atoms. The van der Waals surface area contributed by atoms with Crippen LogP contribution < -0.4 is 10.6 Å². The van der Waals surface area contributed by atoms with Crippen LogP contribution in [0.2, 0.25) is 0 Å². The average molecular weight is 305 g/mol. The zero-order chi connectivity index (χ0) is 12.5. The summed E-state index contributed by atoms with van der Waals surface area (Å²) in [5.41, 5.74) is 1.06. The Balaban J connectivity index is 2.14. The van der Waals surface area contributed by atoms with Gasteiger partial charge >= 0.3 is 0 Å². The van der Waals surface area contributed by atoms with Crippen molar-refractivity contribution in [2.24, 2.45) is 0 Å². The maximum absolute atomic E-state index is 12.8. The molecule has 0 aliphatic carbocycles. The minimum absolute atomic E-state index is 0.221. The molecule has 0 bridgehead atoms. The van der Waals surface area contributed by atoms with E-state index in [4.69, 9.17) is 4.74 Å². The quantitative estimate of drug-likeness (QED) is 0.720. The van der Waals surface area contributed by atoms with Crippen molar-refractivity contribution in [3.63, 3.8) is 0 Å². The molecule has 0 saturated carbocycles. The van der Waals surface area contributed by atoms with Crippen LogP contribution in [-0.2, 0) is 11.3 Å². The van der Waals surface area contributed by atoms with Crippen molar-refractivity contribution < 1.29 is 9.13 Å². The topological polar surface area (TPSA) is 33.3 Å². The third kappa shape index (κ3) is 6.12. The number of rotatable bonds is 8. The molecule has 1 rings (SSSR count). The molecule has 0 aromatic heterocycles. The van der Waals surface area contributed by atoms with Gasteiger partial charge in [0.15, 0.2) is 0 Å². The van der Waals surface area contributed by atoms with Crippen molar-refractivity contribution in [3.8, 4) is 0 Å². The van der Waals surface area contributed by atoms with E-state index >= 15 is 0 Å². The molecular formula is C12H18BrFN2O. The lowest BCUT2D eigenvalue weighted by atomic mass is 10.2.